The van der Waals surface area contributed by atoms with Crippen LogP contribution in [0.5, 0.6) is 0 Å². The molecule has 1 saturated heterocycles. The Morgan fingerprint density at radius 1 is 1.48 bits per heavy atom. The molecule has 0 unspecified atom stereocenters. The lowest BCUT2D eigenvalue weighted by Gasteiger charge is -2.30. The van der Waals surface area contributed by atoms with Crippen molar-refractivity contribution in [1.29, 1.82) is 0 Å². The van der Waals surface area contributed by atoms with E-state index in [0.29, 0.717) is 19.7 Å². The Hall–Kier alpha value is -2.48. The van der Waals surface area contributed by atoms with Crippen LogP contribution in [0.4, 0.5) is 0 Å². The maximum absolute atomic E-state index is 12.5. The first kappa shape index (κ1) is 13.5. The molecule has 2 N–H and O–H groups in total. The molecule has 1 fully saturated rings. The first-order valence-corrected chi connectivity index (χ1v) is 6.61. The van der Waals surface area contributed by atoms with Gasteiger partial charge in [-0.05, 0) is 13.0 Å². The number of carbonyl (C=O) groups is 2. The summed E-state index contributed by atoms with van der Waals surface area (Å²) in [4.78, 5) is 29.7. The third kappa shape index (κ3) is 2.45. The Balaban J connectivity index is 1.94. The molecule has 21 heavy (non-hydrogen) atoms. The minimum Gasteiger partial charge on any atom is -0.375 e. The fraction of sp³-hybridized carbons (Fsp3) is 0.385. The highest BCUT2D eigenvalue weighted by Crippen LogP contribution is 2.12. The fourth-order valence-corrected chi connectivity index (χ4v) is 2.33. The second-order valence-corrected chi connectivity index (χ2v) is 4.94. The number of nitrogens with two attached hydrogens (primary N) is 1. The maximum Gasteiger partial charge on any atom is 0.272 e. The number of aromatic nitrogens is 3. The van der Waals surface area contributed by atoms with Gasteiger partial charge in [-0.3, -0.25) is 9.59 Å². The minimum atomic E-state index is -0.623. The third-order valence-corrected chi connectivity index (χ3v) is 3.38. The summed E-state index contributed by atoms with van der Waals surface area (Å²) in [6, 6.07) is 1.58. The van der Waals surface area contributed by atoms with Crippen molar-refractivity contribution < 1.29 is 14.3 Å². The lowest BCUT2D eigenvalue weighted by atomic mass is 10.2. The van der Waals surface area contributed by atoms with Gasteiger partial charge in [0.2, 0.25) is 0 Å². The number of rotatable bonds is 2. The third-order valence-electron chi connectivity index (χ3n) is 3.38. The van der Waals surface area contributed by atoms with Gasteiger partial charge in [-0.2, -0.15) is 5.10 Å². The van der Waals surface area contributed by atoms with E-state index in [1.165, 1.54) is 10.7 Å². The minimum absolute atomic E-state index is 0.00239. The van der Waals surface area contributed by atoms with E-state index in [0.717, 1.165) is 0 Å². The number of carbonyl (C=O) groups excluding carboxylic acids is 2. The lowest BCUT2D eigenvalue weighted by Crippen LogP contribution is -2.44. The van der Waals surface area contributed by atoms with Gasteiger partial charge in [-0.15, -0.1) is 0 Å². The molecule has 8 heteroatoms. The maximum atomic E-state index is 12.5. The number of morpholine rings is 1. The van der Waals surface area contributed by atoms with E-state index >= 15 is 0 Å². The lowest BCUT2D eigenvalue weighted by molar-refractivity contribution is -0.0126. The van der Waals surface area contributed by atoms with Crippen LogP contribution in [0.15, 0.2) is 18.5 Å². The highest BCUT2D eigenvalue weighted by atomic mass is 16.5. The van der Waals surface area contributed by atoms with Crippen molar-refractivity contribution in [2.45, 2.75) is 13.0 Å². The van der Waals surface area contributed by atoms with E-state index in [1.54, 1.807) is 17.2 Å². The summed E-state index contributed by atoms with van der Waals surface area (Å²) in [7, 11) is 0. The highest BCUT2D eigenvalue weighted by Gasteiger charge is 2.24. The zero-order valence-electron chi connectivity index (χ0n) is 11.5. The highest BCUT2D eigenvalue weighted by molar-refractivity contribution is 5.99. The molecule has 3 heterocycles. The molecule has 0 aliphatic carbocycles. The number of ether oxygens (including phenoxy) is 1. The topological polar surface area (TPSA) is 103 Å². The summed E-state index contributed by atoms with van der Waals surface area (Å²) in [5.41, 5.74) is 6.01. The summed E-state index contributed by atoms with van der Waals surface area (Å²) < 4.78 is 6.83. The van der Waals surface area contributed by atoms with Crippen molar-refractivity contribution in [1.82, 2.24) is 19.5 Å². The number of fused-ring (bicyclic) bond motifs is 1. The Labute approximate surface area is 120 Å². The molecule has 1 atom stereocenters. The normalized spacial score (nSPS) is 18.9. The second-order valence-electron chi connectivity index (χ2n) is 4.94. The van der Waals surface area contributed by atoms with Crippen LogP contribution in [-0.2, 0) is 4.74 Å². The first-order valence-electron chi connectivity index (χ1n) is 6.61. The molecule has 0 radical (unpaired) electrons. The van der Waals surface area contributed by atoms with E-state index in [4.69, 9.17) is 10.5 Å². The summed E-state index contributed by atoms with van der Waals surface area (Å²) >= 11 is 0. The molecule has 110 valence electrons. The summed E-state index contributed by atoms with van der Waals surface area (Å²) in [6.45, 7) is 3.47. The van der Waals surface area contributed by atoms with E-state index in [2.05, 4.69) is 10.1 Å². The summed E-state index contributed by atoms with van der Waals surface area (Å²) in [5, 5.41) is 3.97. The molecule has 0 bridgehead atoms. The van der Waals surface area contributed by atoms with Crippen LogP contribution in [0.3, 0.4) is 0 Å². The smallest absolute Gasteiger partial charge is 0.272 e. The number of amides is 2. The predicted molar refractivity (Wildman–Crippen MR) is 72.8 cm³/mol. The first-order chi connectivity index (χ1) is 10.1. The molecule has 2 aromatic heterocycles. The summed E-state index contributed by atoms with van der Waals surface area (Å²) in [6.07, 6.45) is 2.93. The van der Waals surface area contributed by atoms with Crippen LogP contribution < -0.4 is 5.73 Å². The SMILES string of the molecule is C[C@H]1CN(C(=O)c2ccn3ncc(C(N)=O)c3n2)CCO1. The quantitative estimate of drug-likeness (QED) is 0.816. The van der Waals surface area contributed by atoms with E-state index in [9.17, 15) is 9.59 Å². The van der Waals surface area contributed by atoms with Gasteiger partial charge >= 0.3 is 0 Å². The van der Waals surface area contributed by atoms with Crippen molar-refractivity contribution in [3.63, 3.8) is 0 Å². The molecule has 2 amide bonds. The molecular formula is C13H15N5O3. The Morgan fingerprint density at radius 2 is 2.29 bits per heavy atom. The van der Waals surface area contributed by atoms with Crippen LogP contribution >= 0.6 is 0 Å². The van der Waals surface area contributed by atoms with Crippen molar-refractivity contribution in [3.05, 3.63) is 29.7 Å². The average Bonchev–Trinajstić information content (AvgIpc) is 2.89. The molecular weight excluding hydrogens is 274 g/mol. The van der Waals surface area contributed by atoms with Crippen LogP contribution in [0.1, 0.15) is 27.8 Å². The zero-order valence-corrected chi connectivity index (χ0v) is 11.5. The van der Waals surface area contributed by atoms with Crippen molar-refractivity contribution >= 4 is 17.5 Å². The molecule has 0 spiro atoms. The molecule has 1 aliphatic rings. The largest absolute Gasteiger partial charge is 0.375 e. The van der Waals surface area contributed by atoms with Gasteiger partial charge in [-0.25, -0.2) is 9.50 Å². The zero-order chi connectivity index (χ0) is 15.0. The Morgan fingerprint density at radius 3 is 3.00 bits per heavy atom. The standard InChI is InChI=1S/C13H15N5O3/c1-8-7-17(4-5-21-8)13(20)10-2-3-18-12(16-10)9(6-15-18)11(14)19/h2-3,6,8H,4-5,7H2,1H3,(H2,14,19)/t8-/m0/s1. The van der Waals surface area contributed by atoms with Gasteiger partial charge in [0, 0.05) is 19.3 Å². The Bertz CT molecular complexity index is 711. The molecule has 3 rings (SSSR count). The van der Waals surface area contributed by atoms with Crippen LogP contribution in [0, 0.1) is 0 Å². The molecule has 1 aliphatic heterocycles. The average molecular weight is 289 g/mol. The molecule has 0 saturated carbocycles. The number of primary amides is 1. The van der Waals surface area contributed by atoms with Gasteiger partial charge in [-0.1, -0.05) is 0 Å². The van der Waals surface area contributed by atoms with Crippen molar-refractivity contribution in [2.24, 2.45) is 5.73 Å². The van der Waals surface area contributed by atoms with E-state index in [1.807, 2.05) is 6.92 Å². The number of nitrogens with zero attached hydrogens (tertiary/aromatic N) is 4. The van der Waals surface area contributed by atoms with Gasteiger partial charge in [0.1, 0.15) is 11.3 Å². The monoisotopic (exact) mass is 289 g/mol. The van der Waals surface area contributed by atoms with Crippen LogP contribution in [-0.4, -0.2) is 57.1 Å². The van der Waals surface area contributed by atoms with E-state index < -0.39 is 5.91 Å². The van der Waals surface area contributed by atoms with Crippen LogP contribution in [0.25, 0.3) is 5.65 Å². The summed E-state index contributed by atoms with van der Waals surface area (Å²) in [5.74, 6) is -0.814. The van der Waals surface area contributed by atoms with Crippen LogP contribution in [0.2, 0.25) is 0 Å². The Kier molecular flexibility index (Phi) is 3.30. The molecule has 2 aromatic rings. The second kappa shape index (κ2) is 5.13. The predicted octanol–water partition coefficient (Wildman–Crippen LogP) is -0.311. The van der Waals surface area contributed by atoms with Gasteiger partial charge in [0.15, 0.2) is 5.65 Å². The number of hydrogen-bond donors (Lipinski definition) is 1. The van der Waals surface area contributed by atoms with Gasteiger partial charge < -0.3 is 15.4 Å². The molecule has 8 nitrogen and oxygen atoms in total. The van der Waals surface area contributed by atoms with E-state index in [-0.39, 0.29) is 28.9 Å². The molecule has 0 aromatic carbocycles. The van der Waals surface area contributed by atoms with Crippen molar-refractivity contribution in [2.75, 3.05) is 19.7 Å². The number of hydrogen-bond acceptors (Lipinski definition) is 5. The van der Waals surface area contributed by atoms with Crippen molar-refractivity contribution in [3.8, 4) is 0 Å². The fourth-order valence-electron chi connectivity index (χ4n) is 2.33. The van der Waals surface area contributed by atoms with Gasteiger partial charge in [0.25, 0.3) is 11.8 Å². The van der Waals surface area contributed by atoms with Gasteiger partial charge in [0.05, 0.1) is 18.9 Å².